The molecule has 1 fully saturated rings. The van der Waals surface area contributed by atoms with Crippen molar-refractivity contribution < 1.29 is 19.4 Å². The van der Waals surface area contributed by atoms with Crippen LogP contribution in [0.25, 0.3) is 5.76 Å². The molecule has 33 heavy (non-hydrogen) atoms. The van der Waals surface area contributed by atoms with Crippen LogP contribution in [0.2, 0.25) is 0 Å². The number of hydrogen-bond acceptors (Lipinski definition) is 4. The van der Waals surface area contributed by atoms with Crippen LogP contribution in [0.5, 0.6) is 5.75 Å². The summed E-state index contributed by atoms with van der Waals surface area (Å²) >= 11 is 0. The van der Waals surface area contributed by atoms with Crippen LogP contribution in [0, 0.1) is 13.8 Å². The van der Waals surface area contributed by atoms with Crippen molar-refractivity contribution in [2.75, 3.05) is 6.61 Å². The number of aliphatic hydroxyl groups is 1. The van der Waals surface area contributed by atoms with E-state index in [9.17, 15) is 14.7 Å². The van der Waals surface area contributed by atoms with Gasteiger partial charge in [-0.1, -0.05) is 60.2 Å². The van der Waals surface area contributed by atoms with Gasteiger partial charge in [-0.15, -0.1) is 0 Å². The molecule has 4 rings (SSSR count). The minimum atomic E-state index is -0.683. The molecule has 3 aromatic rings. The third kappa shape index (κ3) is 4.40. The number of aliphatic hydroxyl groups excluding tert-OH is 1. The van der Waals surface area contributed by atoms with Crippen molar-refractivity contribution in [3.8, 4) is 5.75 Å². The van der Waals surface area contributed by atoms with E-state index in [4.69, 9.17) is 4.74 Å². The Morgan fingerprint density at radius 3 is 2.33 bits per heavy atom. The van der Waals surface area contributed by atoms with Crippen LogP contribution in [-0.4, -0.2) is 28.3 Å². The first-order chi connectivity index (χ1) is 15.9. The third-order valence-corrected chi connectivity index (χ3v) is 5.89. The van der Waals surface area contributed by atoms with Gasteiger partial charge in [0.25, 0.3) is 11.7 Å². The molecule has 1 unspecified atom stereocenters. The smallest absolute Gasteiger partial charge is 0.295 e. The van der Waals surface area contributed by atoms with Gasteiger partial charge in [-0.2, -0.15) is 0 Å². The number of rotatable bonds is 6. The predicted octanol–water partition coefficient (Wildman–Crippen LogP) is 5.32. The Hall–Kier alpha value is -3.86. The summed E-state index contributed by atoms with van der Waals surface area (Å²) in [4.78, 5) is 27.9. The van der Waals surface area contributed by atoms with Crippen LogP contribution in [0.4, 0.5) is 0 Å². The van der Waals surface area contributed by atoms with Crippen molar-refractivity contribution in [3.05, 3.63) is 106 Å². The van der Waals surface area contributed by atoms with Crippen LogP contribution in [0.15, 0.2) is 78.4 Å². The zero-order valence-electron chi connectivity index (χ0n) is 19.0. The molecule has 0 saturated carbocycles. The second kappa shape index (κ2) is 9.33. The maximum atomic E-state index is 13.2. The molecule has 1 aliphatic heterocycles. The summed E-state index contributed by atoms with van der Waals surface area (Å²) in [6.45, 7) is 6.53. The number of likely N-dealkylation sites (tertiary alicyclic amines) is 1. The molecular weight excluding hydrogens is 414 g/mol. The van der Waals surface area contributed by atoms with E-state index in [0.29, 0.717) is 12.2 Å². The summed E-state index contributed by atoms with van der Waals surface area (Å²) in [7, 11) is 0. The van der Waals surface area contributed by atoms with E-state index in [1.165, 1.54) is 4.90 Å². The summed E-state index contributed by atoms with van der Waals surface area (Å²) in [6, 6.07) is 21.8. The van der Waals surface area contributed by atoms with E-state index < -0.39 is 17.7 Å². The first-order valence-corrected chi connectivity index (χ1v) is 11.0. The summed E-state index contributed by atoms with van der Waals surface area (Å²) in [5, 5.41) is 11.3. The summed E-state index contributed by atoms with van der Waals surface area (Å²) in [5.74, 6) is -0.687. The largest absolute Gasteiger partial charge is 0.507 e. The zero-order chi connectivity index (χ0) is 23.5. The predicted molar refractivity (Wildman–Crippen MR) is 128 cm³/mol. The fourth-order valence-electron chi connectivity index (χ4n) is 4.22. The van der Waals surface area contributed by atoms with Crippen LogP contribution < -0.4 is 4.74 Å². The van der Waals surface area contributed by atoms with Crippen LogP contribution in [0.3, 0.4) is 0 Å². The number of ketones is 1. The summed E-state index contributed by atoms with van der Waals surface area (Å²) in [5.41, 5.74) is 4.12. The molecule has 1 atom stereocenters. The Labute approximate surface area is 193 Å². The van der Waals surface area contributed by atoms with E-state index >= 15 is 0 Å². The van der Waals surface area contributed by atoms with Crippen LogP contribution in [0.1, 0.15) is 40.8 Å². The van der Waals surface area contributed by atoms with Crippen LogP contribution >= 0.6 is 0 Å². The maximum absolute atomic E-state index is 13.2. The Kier molecular flexibility index (Phi) is 6.31. The number of benzene rings is 3. The Balaban J connectivity index is 1.81. The van der Waals surface area contributed by atoms with E-state index in [1.54, 1.807) is 0 Å². The topological polar surface area (TPSA) is 66.8 Å². The first kappa shape index (κ1) is 22.3. The molecular formula is C28H27NO4. The molecule has 0 bridgehead atoms. The normalized spacial score (nSPS) is 17.4. The lowest BCUT2D eigenvalue weighted by atomic mass is 9.93. The van der Waals surface area contributed by atoms with Crippen molar-refractivity contribution in [1.82, 2.24) is 4.90 Å². The molecule has 5 heteroatoms. The van der Waals surface area contributed by atoms with E-state index in [2.05, 4.69) is 0 Å². The maximum Gasteiger partial charge on any atom is 0.295 e. The second-order valence-corrected chi connectivity index (χ2v) is 8.23. The number of nitrogens with zero attached hydrogens (tertiary/aromatic N) is 1. The first-order valence-electron chi connectivity index (χ1n) is 11.0. The molecule has 0 aliphatic carbocycles. The average Bonchev–Trinajstić information content (AvgIpc) is 3.07. The van der Waals surface area contributed by atoms with Gasteiger partial charge in [0.05, 0.1) is 18.2 Å². The van der Waals surface area contributed by atoms with Gasteiger partial charge in [0, 0.05) is 12.1 Å². The van der Waals surface area contributed by atoms with Crippen molar-refractivity contribution >= 4 is 17.4 Å². The minimum absolute atomic E-state index is 0.117. The molecule has 1 aliphatic rings. The molecule has 168 valence electrons. The van der Waals surface area contributed by atoms with Gasteiger partial charge in [-0.25, -0.2) is 0 Å². The van der Waals surface area contributed by atoms with E-state index in [1.807, 2.05) is 93.6 Å². The monoisotopic (exact) mass is 441 g/mol. The Bertz CT molecular complexity index is 1210. The standard InChI is InChI=1S/C28H27NO4/c1-4-33-22-14-12-20(13-15-22)17-29-25(21-8-6-5-7-9-21)24(27(31)28(29)32)26(30)23-16-18(2)10-11-19(23)3/h5-16,25,30H,4,17H2,1-3H3/b26-24+. The van der Waals surface area contributed by atoms with Crippen molar-refractivity contribution in [1.29, 1.82) is 0 Å². The number of hydrogen-bond donors (Lipinski definition) is 1. The quantitative estimate of drug-likeness (QED) is 0.319. The lowest BCUT2D eigenvalue weighted by Crippen LogP contribution is -2.29. The molecule has 1 N–H and O–H groups in total. The van der Waals surface area contributed by atoms with Crippen LogP contribution in [-0.2, 0) is 16.1 Å². The zero-order valence-corrected chi connectivity index (χ0v) is 19.0. The highest BCUT2D eigenvalue weighted by Gasteiger charge is 2.46. The lowest BCUT2D eigenvalue weighted by Gasteiger charge is -2.25. The van der Waals surface area contributed by atoms with Gasteiger partial charge in [-0.05, 0) is 55.7 Å². The van der Waals surface area contributed by atoms with E-state index in [-0.39, 0.29) is 17.9 Å². The fourth-order valence-corrected chi connectivity index (χ4v) is 4.22. The van der Waals surface area contributed by atoms with Gasteiger partial charge < -0.3 is 14.7 Å². The van der Waals surface area contributed by atoms with Gasteiger partial charge >= 0.3 is 0 Å². The minimum Gasteiger partial charge on any atom is -0.507 e. The van der Waals surface area contributed by atoms with Gasteiger partial charge in [0.2, 0.25) is 0 Å². The number of aryl methyl sites for hydroxylation is 2. The number of carbonyl (C=O) groups is 2. The van der Waals surface area contributed by atoms with Crippen molar-refractivity contribution in [3.63, 3.8) is 0 Å². The molecule has 0 radical (unpaired) electrons. The van der Waals surface area contributed by atoms with Gasteiger partial charge in [0.15, 0.2) is 0 Å². The second-order valence-electron chi connectivity index (χ2n) is 8.23. The summed E-state index contributed by atoms with van der Waals surface area (Å²) < 4.78 is 5.50. The molecule has 1 heterocycles. The van der Waals surface area contributed by atoms with Crippen molar-refractivity contribution in [2.45, 2.75) is 33.4 Å². The average molecular weight is 442 g/mol. The molecule has 3 aromatic carbocycles. The molecule has 0 spiro atoms. The highest BCUT2D eigenvalue weighted by molar-refractivity contribution is 6.46. The molecule has 1 amide bonds. The van der Waals surface area contributed by atoms with Gasteiger partial charge in [-0.3, -0.25) is 9.59 Å². The van der Waals surface area contributed by atoms with E-state index in [0.717, 1.165) is 28.0 Å². The number of ether oxygens (including phenoxy) is 1. The summed E-state index contributed by atoms with van der Waals surface area (Å²) in [6.07, 6.45) is 0. The number of Topliss-reactive ketones (excluding diaryl/α,β-unsaturated/α-hetero) is 1. The Morgan fingerprint density at radius 1 is 0.970 bits per heavy atom. The van der Waals surface area contributed by atoms with Crippen molar-refractivity contribution in [2.24, 2.45) is 0 Å². The number of carbonyl (C=O) groups excluding carboxylic acids is 2. The molecule has 0 aromatic heterocycles. The fraction of sp³-hybridized carbons (Fsp3) is 0.214. The Morgan fingerprint density at radius 2 is 1.67 bits per heavy atom. The molecule has 5 nitrogen and oxygen atoms in total. The highest BCUT2D eigenvalue weighted by Crippen LogP contribution is 2.40. The number of amides is 1. The third-order valence-electron chi connectivity index (χ3n) is 5.89. The van der Waals surface area contributed by atoms with Gasteiger partial charge in [0.1, 0.15) is 11.5 Å². The molecule has 1 saturated heterocycles. The SMILES string of the molecule is CCOc1ccc(CN2C(=O)C(=O)/C(=C(/O)c3cc(C)ccc3C)C2c2ccccc2)cc1. The lowest BCUT2D eigenvalue weighted by molar-refractivity contribution is -0.140. The highest BCUT2D eigenvalue weighted by atomic mass is 16.5.